The lowest BCUT2D eigenvalue weighted by Gasteiger charge is -2.40. The molecule has 1 fully saturated rings. The van der Waals surface area contributed by atoms with Gasteiger partial charge in [-0.25, -0.2) is 9.59 Å². The number of ether oxygens (including phenoxy) is 3. The summed E-state index contributed by atoms with van der Waals surface area (Å²) in [5, 5.41) is 8.75. The van der Waals surface area contributed by atoms with Crippen molar-refractivity contribution in [2.75, 3.05) is 13.7 Å². The molecule has 28 heavy (non-hydrogen) atoms. The molecule has 0 bridgehead atoms. The van der Waals surface area contributed by atoms with Crippen LogP contribution in [0.15, 0.2) is 21.9 Å². The predicted molar refractivity (Wildman–Crippen MR) is 102 cm³/mol. The van der Waals surface area contributed by atoms with Crippen LogP contribution in [0.25, 0.3) is 0 Å². The number of hydrogen-bond donors (Lipinski definition) is 2. The Morgan fingerprint density at radius 3 is 2.46 bits per heavy atom. The van der Waals surface area contributed by atoms with E-state index in [1.54, 1.807) is 0 Å². The van der Waals surface area contributed by atoms with Crippen LogP contribution in [0.3, 0.4) is 0 Å². The number of aromatic nitrogens is 2. The molecule has 0 aromatic carbocycles. The lowest BCUT2D eigenvalue weighted by Crippen LogP contribution is -2.50. The third-order valence-corrected chi connectivity index (χ3v) is 9.76. The summed E-state index contributed by atoms with van der Waals surface area (Å²) in [4.78, 5) is 36.6. The topological polar surface area (TPSA) is 129 Å². The van der Waals surface area contributed by atoms with E-state index in [4.69, 9.17) is 23.7 Å². The maximum absolute atomic E-state index is 12.2. The van der Waals surface area contributed by atoms with E-state index in [-0.39, 0.29) is 11.6 Å². The maximum Gasteiger partial charge on any atom is 0.505 e. The highest BCUT2D eigenvalue weighted by molar-refractivity contribution is 6.74. The summed E-state index contributed by atoms with van der Waals surface area (Å²) in [5.74, 6) is 0. The molecule has 11 heteroatoms. The van der Waals surface area contributed by atoms with Gasteiger partial charge >= 0.3 is 11.8 Å². The molecule has 1 aromatic rings. The molecule has 2 N–H and O–H groups in total. The molecular weight excluding hydrogens is 388 g/mol. The Balaban J connectivity index is 2.41. The summed E-state index contributed by atoms with van der Waals surface area (Å²) in [6, 6.07) is 1.20. The lowest BCUT2D eigenvalue weighted by atomic mass is 10.1. The Hall–Kier alpha value is -1.95. The van der Waals surface area contributed by atoms with Crippen molar-refractivity contribution in [2.24, 2.45) is 0 Å². The molecule has 0 radical (unpaired) electrons. The number of carbonyl (C=O) groups is 1. The molecule has 1 aliphatic heterocycles. The third-order valence-electron chi connectivity index (χ3n) is 5.29. The molecular formula is C17H28N2O8Si. The molecule has 10 nitrogen and oxygen atoms in total. The maximum atomic E-state index is 12.2. The molecule has 0 saturated carbocycles. The minimum Gasteiger partial charge on any atom is -0.450 e. The van der Waals surface area contributed by atoms with Crippen molar-refractivity contribution in [3.05, 3.63) is 33.1 Å². The average Bonchev–Trinajstić information content (AvgIpc) is 2.88. The highest BCUT2D eigenvalue weighted by Crippen LogP contribution is 2.41. The number of methoxy groups -OCH3 is 1. The first-order valence-electron chi connectivity index (χ1n) is 8.90. The Bertz CT molecular complexity index is 812. The first-order valence-corrected chi connectivity index (χ1v) is 11.8. The second-order valence-electron chi connectivity index (χ2n) is 8.20. The molecule has 1 aromatic heterocycles. The minimum absolute atomic E-state index is 0.115. The SMILES string of the molecule is COC1C(O[Si](C)(C)C(C)(C)C)[C@H](COC(=O)O)O[C@@H]1n1ccc(=O)[nH]c1=O. The second-order valence-corrected chi connectivity index (χ2v) is 13.0. The summed E-state index contributed by atoms with van der Waals surface area (Å²) in [6.45, 7) is 10.0. The average molecular weight is 417 g/mol. The number of hydrogen-bond acceptors (Lipinski definition) is 7. The quantitative estimate of drug-likeness (QED) is 0.528. The van der Waals surface area contributed by atoms with Crippen molar-refractivity contribution in [3.63, 3.8) is 0 Å². The number of H-pyrrole nitrogens is 1. The van der Waals surface area contributed by atoms with E-state index in [0.29, 0.717) is 0 Å². The molecule has 2 rings (SSSR count). The first-order chi connectivity index (χ1) is 12.9. The van der Waals surface area contributed by atoms with Gasteiger partial charge in [0.25, 0.3) is 5.56 Å². The lowest BCUT2D eigenvalue weighted by molar-refractivity contribution is -0.0666. The van der Waals surface area contributed by atoms with Crippen LogP contribution in [-0.2, 0) is 18.6 Å². The molecule has 1 aliphatic rings. The molecule has 4 atom stereocenters. The number of aromatic amines is 1. The summed E-state index contributed by atoms with van der Waals surface area (Å²) in [6.07, 6.45) is -3.19. The van der Waals surface area contributed by atoms with Crippen LogP contribution >= 0.6 is 0 Å². The van der Waals surface area contributed by atoms with Crippen LogP contribution in [0.5, 0.6) is 0 Å². The second kappa shape index (κ2) is 8.19. The van der Waals surface area contributed by atoms with Gasteiger partial charge in [-0.2, -0.15) is 0 Å². The molecule has 2 heterocycles. The predicted octanol–water partition coefficient (Wildman–Crippen LogP) is 1.53. The summed E-state index contributed by atoms with van der Waals surface area (Å²) in [5.41, 5.74) is -1.20. The van der Waals surface area contributed by atoms with Crippen molar-refractivity contribution >= 4 is 14.5 Å². The van der Waals surface area contributed by atoms with E-state index in [2.05, 4.69) is 25.8 Å². The Morgan fingerprint density at radius 1 is 1.32 bits per heavy atom. The van der Waals surface area contributed by atoms with Gasteiger partial charge in [0.15, 0.2) is 14.5 Å². The molecule has 158 valence electrons. The zero-order valence-electron chi connectivity index (χ0n) is 16.9. The van der Waals surface area contributed by atoms with Gasteiger partial charge in [-0.05, 0) is 18.1 Å². The fourth-order valence-electron chi connectivity index (χ4n) is 2.76. The number of rotatable bonds is 6. The van der Waals surface area contributed by atoms with Crippen molar-refractivity contribution in [1.82, 2.24) is 9.55 Å². The Morgan fingerprint density at radius 2 is 1.96 bits per heavy atom. The fourth-order valence-corrected chi connectivity index (χ4v) is 4.08. The van der Waals surface area contributed by atoms with E-state index >= 15 is 0 Å². The van der Waals surface area contributed by atoms with Gasteiger partial charge in [0.2, 0.25) is 0 Å². The third kappa shape index (κ3) is 4.72. The van der Waals surface area contributed by atoms with Crippen LogP contribution < -0.4 is 11.2 Å². The van der Waals surface area contributed by atoms with Crippen LogP contribution in [0.4, 0.5) is 4.79 Å². The van der Waals surface area contributed by atoms with Gasteiger partial charge in [0.1, 0.15) is 24.9 Å². The first kappa shape index (κ1) is 22.3. The van der Waals surface area contributed by atoms with Crippen LogP contribution in [0.1, 0.15) is 27.0 Å². The van der Waals surface area contributed by atoms with E-state index < -0.39 is 50.3 Å². The van der Waals surface area contributed by atoms with Crippen molar-refractivity contribution in [3.8, 4) is 0 Å². The Labute approximate surface area is 163 Å². The van der Waals surface area contributed by atoms with E-state index in [1.807, 2.05) is 13.1 Å². The summed E-state index contributed by atoms with van der Waals surface area (Å²) >= 11 is 0. The van der Waals surface area contributed by atoms with Crippen molar-refractivity contribution in [2.45, 2.75) is 63.4 Å². The highest BCUT2D eigenvalue weighted by atomic mass is 28.4. The van der Waals surface area contributed by atoms with Gasteiger partial charge in [-0.15, -0.1) is 0 Å². The van der Waals surface area contributed by atoms with Crippen LogP contribution in [0, 0.1) is 0 Å². The van der Waals surface area contributed by atoms with E-state index in [1.165, 1.54) is 23.9 Å². The van der Waals surface area contributed by atoms with Gasteiger partial charge in [0.05, 0.1) is 0 Å². The standard InChI is InChI=1S/C17H28N2O8Si/c1-17(2,3)28(5,6)27-12-10(9-25-16(22)23)26-14(13(12)24-4)19-8-7-11(20)18-15(19)21/h7-8,10,12-14H,9H2,1-6H3,(H,22,23)(H,18,20,21)/t10-,12?,13?,14-/m0/s1. The van der Waals surface area contributed by atoms with Crippen LogP contribution in [0.2, 0.25) is 18.1 Å². The fraction of sp³-hybridized carbons (Fsp3) is 0.706. The van der Waals surface area contributed by atoms with Crippen molar-refractivity contribution in [1.29, 1.82) is 0 Å². The molecule has 0 amide bonds. The van der Waals surface area contributed by atoms with Gasteiger partial charge in [-0.1, -0.05) is 20.8 Å². The minimum atomic E-state index is -2.29. The van der Waals surface area contributed by atoms with Gasteiger partial charge < -0.3 is 23.7 Å². The van der Waals surface area contributed by atoms with E-state index in [0.717, 1.165) is 0 Å². The largest absolute Gasteiger partial charge is 0.505 e. The number of nitrogens with one attached hydrogen (secondary N) is 1. The normalized spacial score (nSPS) is 25.6. The summed E-state index contributed by atoms with van der Waals surface area (Å²) < 4.78 is 23.9. The monoisotopic (exact) mass is 416 g/mol. The van der Waals surface area contributed by atoms with Gasteiger partial charge in [-0.3, -0.25) is 14.3 Å². The highest BCUT2D eigenvalue weighted by Gasteiger charge is 2.51. The summed E-state index contributed by atoms with van der Waals surface area (Å²) in [7, 11) is -0.829. The number of carboxylic acid groups (broad SMARTS) is 1. The van der Waals surface area contributed by atoms with E-state index in [9.17, 15) is 14.4 Å². The zero-order chi connectivity index (χ0) is 21.3. The molecule has 1 saturated heterocycles. The molecule has 0 aliphatic carbocycles. The molecule has 0 spiro atoms. The smallest absolute Gasteiger partial charge is 0.450 e. The van der Waals surface area contributed by atoms with Crippen molar-refractivity contribution < 1.29 is 28.5 Å². The molecule has 2 unspecified atom stereocenters. The number of nitrogens with zero attached hydrogens (tertiary/aromatic N) is 1. The van der Waals surface area contributed by atoms with Gasteiger partial charge in [0, 0.05) is 19.4 Å². The Kier molecular flexibility index (Phi) is 6.54. The zero-order valence-corrected chi connectivity index (χ0v) is 17.9. The van der Waals surface area contributed by atoms with Crippen LogP contribution in [-0.4, -0.2) is 61.2 Å².